The summed E-state index contributed by atoms with van der Waals surface area (Å²) < 4.78 is 16.6. The smallest absolute Gasteiger partial charge is 0.413 e. The van der Waals surface area contributed by atoms with Crippen LogP contribution in [-0.2, 0) is 25.4 Å². The second kappa shape index (κ2) is 8.94. The zero-order valence-corrected chi connectivity index (χ0v) is 19.1. The molecule has 30 heavy (non-hydrogen) atoms. The Morgan fingerprint density at radius 2 is 1.80 bits per heavy atom. The molecule has 1 amide bonds. The zero-order chi connectivity index (χ0) is 22.7. The first kappa shape index (κ1) is 24.2. The van der Waals surface area contributed by atoms with Crippen molar-refractivity contribution in [3.05, 3.63) is 35.9 Å². The number of ether oxygens (including phenoxy) is 3. The van der Waals surface area contributed by atoms with Gasteiger partial charge in [0.05, 0.1) is 19.8 Å². The maximum absolute atomic E-state index is 13.2. The molecule has 1 aliphatic heterocycles. The summed E-state index contributed by atoms with van der Waals surface area (Å²) in [4.78, 5) is 27.5. The Labute approximate surface area is 179 Å². The molecule has 7 nitrogen and oxygen atoms in total. The van der Waals surface area contributed by atoms with Crippen molar-refractivity contribution in [2.75, 3.05) is 13.7 Å². The fourth-order valence-corrected chi connectivity index (χ4v) is 3.68. The lowest BCUT2D eigenvalue weighted by Crippen LogP contribution is -2.66. The molecule has 0 aromatic heterocycles. The number of carbonyl (C=O) groups is 2. The molecule has 0 spiro atoms. The average molecular weight is 422 g/mol. The Kier molecular flexibility index (Phi) is 7.20. The van der Waals surface area contributed by atoms with Crippen LogP contribution in [-0.4, -0.2) is 59.3 Å². The summed E-state index contributed by atoms with van der Waals surface area (Å²) in [6.45, 7) is 10.8. The Bertz CT molecular complexity index is 736. The molecular formula is C23H35NO6. The van der Waals surface area contributed by atoms with Crippen molar-refractivity contribution in [3.63, 3.8) is 0 Å². The molecular weight excluding hydrogens is 386 g/mol. The topological polar surface area (TPSA) is 85.3 Å². The third kappa shape index (κ3) is 5.13. The quantitative estimate of drug-likeness (QED) is 0.732. The van der Waals surface area contributed by atoms with Crippen LogP contribution in [0.5, 0.6) is 0 Å². The lowest BCUT2D eigenvalue weighted by atomic mass is 9.85. The highest BCUT2D eigenvalue weighted by molar-refractivity contribution is 5.87. The van der Waals surface area contributed by atoms with Crippen LogP contribution in [0.25, 0.3) is 0 Å². The minimum atomic E-state index is -1.69. The molecule has 1 heterocycles. The molecule has 1 N–H and O–H groups in total. The molecule has 0 unspecified atom stereocenters. The van der Waals surface area contributed by atoms with Gasteiger partial charge in [0.25, 0.3) is 0 Å². The first-order valence-corrected chi connectivity index (χ1v) is 10.3. The summed E-state index contributed by atoms with van der Waals surface area (Å²) in [5, 5.41) is 11.2. The van der Waals surface area contributed by atoms with Crippen molar-refractivity contribution < 1.29 is 28.9 Å². The minimum absolute atomic E-state index is 0.170. The standard InChI is InChI=1S/C23H35NO6/c1-21(2,3)18-24(20(27)30-22(4,5)6)23(15-29-18,19(26)28-7)17(25)14-13-16-11-9-8-10-12-16/h8-12,17-18,25H,13-15H2,1-7H3/t17-,18-,23-/m1/s1. The van der Waals surface area contributed by atoms with Crippen LogP contribution in [0.1, 0.15) is 53.5 Å². The van der Waals surface area contributed by atoms with Gasteiger partial charge in [-0.25, -0.2) is 9.59 Å². The normalized spacial score (nSPS) is 23.2. The molecule has 2 rings (SSSR count). The van der Waals surface area contributed by atoms with Gasteiger partial charge in [0.1, 0.15) is 11.8 Å². The lowest BCUT2D eigenvalue weighted by molar-refractivity contribution is -0.162. The van der Waals surface area contributed by atoms with Crippen molar-refractivity contribution in [1.29, 1.82) is 0 Å². The van der Waals surface area contributed by atoms with Gasteiger partial charge in [0, 0.05) is 5.41 Å². The number of nitrogens with zero attached hydrogens (tertiary/aromatic N) is 1. The van der Waals surface area contributed by atoms with E-state index in [9.17, 15) is 14.7 Å². The monoisotopic (exact) mass is 421 g/mol. The van der Waals surface area contributed by atoms with E-state index in [0.29, 0.717) is 6.42 Å². The number of esters is 1. The number of benzene rings is 1. The highest BCUT2D eigenvalue weighted by Crippen LogP contribution is 2.41. The maximum Gasteiger partial charge on any atom is 0.413 e. The molecule has 1 aromatic carbocycles. The molecule has 168 valence electrons. The van der Waals surface area contributed by atoms with Crippen LogP contribution >= 0.6 is 0 Å². The average Bonchev–Trinajstić information content (AvgIpc) is 3.07. The Morgan fingerprint density at radius 3 is 2.30 bits per heavy atom. The van der Waals surface area contributed by atoms with Crippen LogP contribution in [0.4, 0.5) is 4.79 Å². The van der Waals surface area contributed by atoms with E-state index in [2.05, 4.69) is 0 Å². The number of hydrogen-bond donors (Lipinski definition) is 1. The molecule has 0 aliphatic carbocycles. The number of carbonyl (C=O) groups excluding carboxylic acids is 2. The summed E-state index contributed by atoms with van der Waals surface area (Å²) in [6.07, 6.45) is -1.91. The second-order valence-electron chi connectivity index (χ2n) is 9.84. The predicted molar refractivity (Wildman–Crippen MR) is 113 cm³/mol. The van der Waals surface area contributed by atoms with Crippen LogP contribution in [0.15, 0.2) is 30.3 Å². The van der Waals surface area contributed by atoms with Crippen molar-refractivity contribution in [2.45, 2.75) is 77.9 Å². The minimum Gasteiger partial charge on any atom is -0.467 e. The van der Waals surface area contributed by atoms with Crippen LogP contribution < -0.4 is 0 Å². The number of amides is 1. The van der Waals surface area contributed by atoms with Crippen molar-refractivity contribution in [3.8, 4) is 0 Å². The van der Waals surface area contributed by atoms with Gasteiger partial charge in [-0.3, -0.25) is 4.90 Å². The van der Waals surface area contributed by atoms with Gasteiger partial charge in [-0.2, -0.15) is 0 Å². The first-order chi connectivity index (χ1) is 13.8. The van der Waals surface area contributed by atoms with E-state index >= 15 is 0 Å². The number of rotatable bonds is 5. The molecule has 0 bridgehead atoms. The highest BCUT2D eigenvalue weighted by Gasteiger charge is 2.63. The van der Waals surface area contributed by atoms with E-state index < -0.39 is 40.9 Å². The molecule has 1 aromatic rings. The van der Waals surface area contributed by atoms with Crippen molar-refractivity contribution >= 4 is 12.1 Å². The number of hydrogen-bond acceptors (Lipinski definition) is 6. The largest absolute Gasteiger partial charge is 0.467 e. The Balaban J connectivity index is 2.44. The molecule has 0 saturated carbocycles. The summed E-state index contributed by atoms with van der Waals surface area (Å²) in [7, 11) is 1.24. The zero-order valence-electron chi connectivity index (χ0n) is 19.1. The number of aliphatic hydroxyl groups excluding tert-OH is 1. The summed E-state index contributed by atoms with van der Waals surface area (Å²) in [6, 6.07) is 9.65. The molecule has 3 atom stereocenters. The fourth-order valence-electron chi connectivity index (χ4n) is 3.68. The molecule has 1 aliphatic rings. The van der Waals surface area contributed by atoms with E-state index in [1.807, 2.05) is 51.1 Å². The first-order valence-electron chi connectivity index (χ1n) is 10.3. The molecule has 7 heteroatoms. The van der Waals surface area contributed by atoms with Gasteiger partial charge in [0.2, 0.25) is 0 Å². The van der Waals surface area contributed by atoms with Crippen LogP contribution in [0.3, 0.4) is 0 Å². The summed E-state index contributed by atoms with van der Waals surface area (Å²) in [5.41, 5.74) is -1.97. The molecule has 0 radical (unpaired) electrons. The Hall–Kier alpha value is -2.12. The number of aryl methyl sites for hydroxylation is 1. The number of aliphatic hydroxyl groups is 1. The summed E-state index contributed by atoms with van der Waals surface area (Å²) in [5.74, 6) is -0.722. The van der Waals surface area contributed by atoms with Gasteiger partial charge in [0.15, 0.2) is 5.54 Å². The SMILES string of the molecule is COC(=O)[C@]1([C@H](O)CCc2ccccc2)CO[C@H](C(C)(C)C)N1C(=O)OC(C)(C)C. The van der Waals surface area contributed by atoms with Gasteiger partial charge in [-0.1, -0.05) is 51.1 Å². The third-order valence-corrected chi connectivity index (χ3v) is 5.10. The van der Waals surface area contributed by atoms with E-state index in [1.165, 1.54) is 12.0 Å². The highest BCUT2D eigenvalue weighted by atomic mass is 16.6. The van der Waals surface area contributed by atoms with Gasteiger partial charge in [-0.05, 0) is 39.2 Å². The van der Waals surface area contributed by atoms with E-state index in [0.717, 1.165) is 5.56 Å². The Morgan fingerprint density at radius 1 is 1.20 bits per heavy atom. The van der Waals surface area contributed by atoms with Gasteiger partial charge < -0.3 is 19.3 Å². The van der Waals surface area contributed by atoms with Crippen molar-refractivity contribution in [1.82, 2.24) is 4.90 Å². The second-order valence-corrected chi connectivity index (χ2v) is 9.84. The van der Waals surface area contributed by atoms with E-state index in [1.54, 1.807) is 20.8 Å². The van der Waals surface area contributed by atoms with Gasteiger partial charge in [-0.15, -0.1) is 0 Å². The number of methoxy groups -OCH3 is 1. The molecule has 1 saturated heterocycles. The predicted octanol–water partition coefficient (Wildman–Crippen LogP) is 3.53. The third-order valence-electron chi connectivity index (χ3n) is 5.10. The van der Waals surface area contributed by atoms with Crippen LogP contribution in [0, 0.1) is 5.41 Å². The molecule has 1 fully saturated rings. The van der Waals surface area contributed by atoms with E-state index in [4.69, 9.17) is 14.2 Å². The van der Waals surface area contributed by atoms with E-state index in [-0.39, 0.29) is 13.0 Å². The lowest BCUT2D eigenvalue weighted by Gasteiger charge is -2.42. The fraction of sp³-hybridized carbons (Fsp3) is 0.652. The maximum atomic E-state index is 13.2. The van der Waals surface area contributed by atoms with Gasteiger partial charge >= 0.3 is 12.1 Å². The van der Waals surface area contributed by atoms with Crippen molar-refractivity contribution in [2.24, 2.45) is 5.41 Å². The summed E-state index contributed by atoms with van der Waals surface area (Å²) >= 11 is 0. The van der Waals surface area contributed by atoms with Crippen LogP contribution in [0.2, 0.25) is 0 Å².